The summed E-state index contributed by atoms with van der Waals surface area (Å²) < 4.78 is 0. The Morgan fingerprint density at radius 2 is 1.42 bits per heavy atom. The molecule has 1 nitrogen and oxygen atoms in total. The molecule has 0 saturated carbocycles. The van der Waals surface area contributed by atoms with Crippen molar-refractivity contribution in [1.82, 2.24) is 4.98 Å². The highest BCUT2D eigenvalue weighted by molar-refractivity contribution is 6.30. The Kier molecular flexibility index (Phi) is 4.36. The van der Waals surface area contributed by atoms with Gasteiger partial charge in [-0.05, 0) is 47.9 Å². The van der Waals surface area contributed by atoms with Gasteiger partial charge in [0.2, 0.25) is 0 Å². The van der Waals surface area contributed by atoms with Gasteiger partial charge in [0.25, 0.3) is 0 Å². The molecule has 2 aromatic carbocycles. The number of hydrogen-bond donors (Lipinski definition) is 0. The van der Waals surface area contributed by atoms with Gasteiger partial charge in [-0.25, -0.2) is 4.98 Å². The summed E-state index contributed by atoms with van der Waals surface area (Å²) >= 11 is 6.66. The number of halogens is 1. The number of hydrogen-bond acceptors (Lipinski definition) is 1. The molecule has 1 heterocycles. The van der Waals surface area contributed by atoms with E-state index in [1.54, 1.807) is 0 Å². The molecule has 0 bridgehead atoms. The highest BCUT2D eigenvalue weighted by Crippen LogP contribution is 2.36. The molecule has 0 radical (unpaired) electrons. The van der Waals surface area contributed by atoms with Gasteiger partial charge in [0.05, 0.1) is 5.69 Å². The van der Waals surface area contributed by atoms with E-state index >= 15 is 0 Å². The van der Waals surface area contributed by atoms with Gasteiger partial charge in [-0.3, -0.25) is 0 Å². The Bertz CT molecular complexity index is 841. The summed E-state index contributed by atoms with van der Waals surface area (Å²) in [4.78, 5) is 4.82. The van der Waals surface area contributed by atoms with Crippen molar-refractivity contribution in [3.05, 3.63) is 88.1 Å². The maximum atomic E-state index is 6.66. The van der Waals surface area contributed by atoms with Crippen molar-refractivity contribution in [3.8, 4) is 11.3 Å². The van der Waals surface area contributed by atoms with Crippen LogP contribution in [0.5, 0.6) is 0 Å². The molecule has 0 N–H and O–H groups in total. The average molecular weight is 334 g/mol. The molecule has 0 atom stereocenters. The van der Waals surface area contributed by atoms with Gasteiger partial charge in [-0.15, -0.1) is 0 Å². The number of rotatable bonds is 3. The lowest BCUT2D eigenvalue weighted by Gasteiger charge is -2.23. The Morgan fingerprint density at radius 3 is 2.12 bits per heavy atom. The summed E-state index contributed by atoms with van der Waals surface area (Å²) in [5, 5.41) is 0.665. The highest BCUT2D eigenvalue weighted by atomic mass is 35.5. The quantitative estimate of drug-likeness (QED) is 0.546. The van der Waals surface area contributed by atoms with E-state index in [0.717, 1.165) is 25.0 Å². The fraction of sp³-hybridized carbons (Fsp3) is 0.227. The third-order valence-electron chi connectivity index (χ3n) is 4.85. The fourth-order valence-electron chi connectivity index (χ4n) is 3.67. The van der Waals surface area contributed by atoms with Crippen LogP contribution >= 0.6 is 11.6 Å². The zero-order chi connectivity index (χ0) is 16.4. The van der Waals surface area contributed by atoms with Gasteiger partial charge in [0.1, 0.15) is 5.15 Å². The zero-order valence-corrected chi connectivity index (χ0v) is 14.4. The van der Waals surface area contributed by atoms with Crippen molar-refractivity contribution in [1.29, 1.82) is 0 Å². The molecular formula is C22H20ClN. The van der Waals surface area contributed by atoms with Crippen LogP contribution in [0, 0.1) is 0 Å². The molecule has 1 aromatic heterocycles. The lowest BCUT2D eigenvalue weighted by Crippen LogP contribution is -2.11. The largest absolute Gasteiger partial charge is 0.235 e. The van der Waals surface area contributed by atoms with E-state index in [9.17, 15) is 0 Å². The molecule has 0 unspecified atom stereocenters. The first kappa shape index (κ1) is 15.4. The number of benzene rings is 2. The van der Waals surface area contributed by atoms with Crippen molar-refractivity contribution in [3.63, 3.8) is 0 Å². The Hall–Kier alpha value is -2.12. The minimum absolute atomic E-state index is 0.665. The normalized spacial score (nSPS) is 13.5. The topological polar surface area (TPSA) is 12.9 Å². The van der Waals surface area contributed by atoms with E-state index in [4.69, 9.17) is 16.6 Å². The van der Waals surface area contributed by atoms with Crippen LogP contribution in [0.25, 0.3) is 11.3 Å². The average Bonchev–Trinajstić information content (AvgIpc) is 2.65. The molecule has 0 saturated heterocycles. The maximum absolute atomic E-state index is 6.66. The van der Waals surface area contributed by atoms with Crippen LogP contribution in [0.2, 0.25) is 5.15 Å². The third kappa shape index (κ3) is 2.97. The van der Waals surface area contributed by atoms with Crippen LogP contribution in [0.15, 0.2) is 60.7 Å². The van der Waals surface area contributed by atoms with E-state index in [1.807, 2.05) is 6.07 Å². The fourth-order valence-corrected chi connectivity index (χ4v) is 3.94. The van der Waals surface area contributed by atoms with Crippen molar-refractivity contribution in [2.75, 3.05) is 0 Å². The second-order valence-electron chi connectivity index (χ2n) is 6.42. The predicted octanol–water partition coefficient (Wildman–Crippen LogP) is 5.87. The van der Waals surface area contributed by atoms with E-state index in [-0.39, 0.29) is 0 Å². The summed E-state index contributed by atoms with van der Waals surface area (Å²) in [5.41, 5.74) is 7.60. The maximum Gasteiger partial charge on any atom is 0.133 e. The molecule has 2 heteroatoms. The Balaban J connectivity index is 1.84. The number of pyridine rings is 1. The molecule has 120 valence electrons. The van der Waals surface area contributed by atoms with Crippen LogP contribution < -0.4 is 0 Å². The van der Waals surface area contributed by atoms with E-state index in [2.05, 4.69) is 54.6 Å². The van der Waals surface area contributed by atoms with E-state index < -0.39 is 0 Å². The lowest BCUT2D eigenvalue weighted by atomic mass is 9.85. The summed E-state index contributed by atoms with van der Waals surface area (Å²) in [5.74, 6) is 0. The van der Waals surface area contributed by atoms with Gasteiger partial charge in [-0.1, -0.05) is 72.3 Å². The minimum atomic E-state index is 0.665. The van der Waals surface area contributed by atoms with E-state index in [0.29, 0.717) is 5.15 Å². The van der Waals surface area contributed by atoms with Crippen LogP contribution in [-0.2, 0) is 19.3 Å². The smallest absolute Gasteiger partial charge is 0.133 e. The van der Waals surface area contributed by atoms with Gasteiger partial charge >= 0.3 is 0 Å². The van der Waals surface area contributed by atoms with Gasteiger partial charge < -0.3 is 0 Å². The molecule has 3 aromatic rings. The first-order chi connectivity index (χ1) is 11.8. The Morgan fingerprint density at radius 1 is 0.792 bits per heavy atom. The van der Waals surface area contributed by atoms with E-state index in [1.165, 1.54) is 40.7 Å². The van der Waals surface area contributed by atoms with Crippen LogP contribution in [0.4, 0.5) is 0 Å². The minimum Gasteiger partial charge on any atom is -0.235 e. The summed E-state index contributed by atoms with van der Waals surface area (Å²) in [6.45, 7) is 0. The van der Waals surface area contributed by atoms with Crippen molar-refractivity contribution in [2.45, 2.75) is 32.1 Å². The first-order valence-corrected chi connectivity index (χ1v) is 9.00. The standard InChI is InChI=1S/C22H20ClN/c23-22-20(15-16-9-3-1-4-10-16)18-13-7-8-14-19(18)21(24-22)17-11-5-2-6-12-17/h1-6,9-12H,7-8,13-15H2. The highest BCUT2D eigenvalue weighted by Gasteiger charge is 2.22. The van der Waals surface area contributed by atoms with Crippen LogP contribution in [0.3, 0.4) is 0 Å². The second-order valence-corrected chi connectivity index (χ2v) is 6.78. The van der Waals surface area contributed by atoms with Gasteiger partial charge in [0.15, 0.2) is 0 Å². The molecule has 0 fully saturated rings. The Labute approximate surface area is 148 Å². The van der Waals surface area contributed by atoms with Gasteiger partial charge in [0, 0.05) is 12.0 Å². The molecule has 0 spiro atoms. The molecule has 4 rings (SSSR count). The lowest BCUT2D eigenvalue weighted by molar-refractivity contribution is 0.677. The number of fused-ring (bicyclic) bond motifs is 1. The monoisotopic (exact) mass is 333 g/mol. The van der Waals surface area contributed by atoms with Crippen LogP contribution in [-0.4, -0.2) is 4.98 Å². The first-order valence-electron chi connectivity index (χ1n) is 8.62. The number of nitrogens with zero attached hydrogens (tertiary/aromatic N) is 1. The summed E-state index contributed by atoms with van der Waals surface area (Å²) in [6, 6.07) is 21.0. The predicted molar refractivity (Wildman–Crippen MR) is 101 cm³/mol. The van der Waals surface area contributed by atoms with Crippen molar-refractivity contribution >= 4 is 11.6 Å². The van der Waals surface area contributed by atoms with Crippen molar-refractivity contribution < 1.29 is 0 Å². The molecule has 0 amide bonds. The molecule has 0 aliphatic heterocycles. The molecular weight excluding hydrogens is 314 g/mol. The van der Waals surface area contributed by atoms with Crippen molar-refractivity contribution in [2.24, 2.45) is 0 Å². The third-order valence-corrected chi connectivity index (χ3v) is 5.16. The molecule has 1 aliphatic rings. The SMILES string of the molecule is Clc1nc(-c2ccccc2)c2c(c1Cc1ccccc1)CCCC2. The summed E-state index contributed by atoms with van der Waals surface area (Å²) in [6.07, 6.45) is 5.56. The number of aromatic nitrogens is 1. The van der Waals surface area contributed by atoms with Crippen LogP contribution in [0.1, 0.15) is 35.1 Å². The molecule has 1 aliphatic carbocycles. The zero-order valence-electron chi connectivity index (χ0n) is 13.6. The molecule has 24 heavy (non-hydrogen) atoms. The second kappa shape index (κ2) is 6.78. The summed E-state index contributed by atoms with van der Waals surface area (Å²) in [7, 11) is 0. The van der Waals surface area contributed by atoms with Gasteiger partial charge in [-0.2, -0.15) is 0 Å².